The standard InChI is InChI=1S/C66H87O4PS3/c1-37-24-49(68)43(61(6,7)8)30-55(37)72-58-33-46(64(15,16)17)52(27-40(58)4)71(53-28-41(5)59(34-47(53)65(18,19)20)73-56-31-44(62(9,10)11)50(69)25-38(56)2)54-29-42(36-67)60(35-48(54)66(21,22)23)74-57-32-45(63(12,13)14)51(70)26-39(57)3/h24-35,67-70H,36H2,1-23H3. The molecular formula is C66H87O4PS3. The molecule has 0 amide bonds. The largest absolute Gasteiger partial charge is 0.508 e. The number of aryl methyl sites for hydroxylation is 5. The minimum absolute atomic E-state index is 0.126. The number of hydrogen-bond donors (Lipinski definition) is 4. The molecule has 0 aliphatic carbocycles. The Bertz CT molecular complexity index is 2960. The Morgan fingerprint density at radius 2 is 0.527 bits per heavy atom. The van der Waals surface area contributed by atoms with Gasteiger partial charge < -0.3 is 20.4 Å². The van der Waals surface area contributed by atoms with Crippen LogP contribution in [0.15, 0.2) is 102 Å². The summed E-state index contributed by atoms with van der Waals surface area (Å²) in [7, 11) is -1.30. The third-order valence-corrected chi connectivity index (χ3v) is 20.5. The third-order valence-electron chi connectivity index (χ3n) is 14.0. The summed E-state index contributed by atoms with van der Waals surface area (Å²) >= 11 is 5.25. The molecule has 6 aromatic carbocycles. The van der Waals surface area contributed by atoms with E-state index in [9.17, 15) is 20.4 Å². The van der Waals surface area contributed by atoms with Crippen molar-refractivity contribution in [2.75, 3.05) is 0 Å². The number of hydrogen-bond acceptors (Lipinski definition) is 7. The van der Waals surface area contributed by atoms with Gasteiger partial charge >= 0.3 is 0 Å². The van der Waals surface area contributed by atoms with Crippen molar-refractivity contribution in [3.63, 3.8) is 0 Å². The lowest BCUT2D eigenvalue weighted by Crippen LogP contribution is -2.36. The molecule has 8 heteroatoms. The average Bonchev–Trinajstić information content (AvgIpc) is 3.22. The highest BCUT2D eigenvalue weighted by molar-refractivity contribution is 8.00. The molecule has 6 rings (SSSR count). The molecular weight excluding hydrogens is 984 g/mol. The quantitative estimate of drug-likeness (QED) is 0.102. The Hall–Kier alpha value is -3.84. The fourth-order valence-corrected chi connectivity index (χ4v) is 16.4. The zero-order valence-electron chi connectivity index (χ0n) is 49.1. The molecule has 0 saturated carbocycles. The number of phenols is 3. The molecule has 0 radical (unpaired) electrons. The lowest BCUT2D eigenvalue weighted by molar-refractivity contribution is 0.279. The molecule has 0 fully saturated rings. The van der Waals surface area contributed by atoms with Crippen molar-refractivity contribution in [3.05, 3.63) is 140 Å². The van der Waals surface area contributed by atoms with Gasteiger partial charge in [0.05, 0.1) is 6.61 Å². The molecule has 0 saturated heterocycles. The summed E-state index contributed by atoms with van der Waals surface area (Å²) < 4.78 is 0. The number of benzene rings is 6. The van der Waals surface area contributed by atoms with Crippen LogP contribution in [0, 0.1) is 34.6 Å². The lowest BCUT2D eigenvalue weighted by atomic mass is 9.86. The van der Waals surface area contributed by atoms with Crippen LogP contribution in [0.2, 0.25) is 0 Å². The summed E-state index contributed by atoms with van der Waals surface area (Å²) in [4.78, 5) is 6.73. The molecule has 0 spiro atoms. The number of rotatable bonds is 10. The van der Waals surface area contributed by atoms with E-state index in [0.29, 0.717) is 17.2 Å². The van der Waals surface area contributed by atoms with Gasteiger partial charge in [0.25, 0.3) is 0 Å². The highest BCUT2D eigenvalue weighted by Crippen LogP contribution is 2.50. The predicted octanol–water partition coefficient (Wildman–Crippen LogP) is 17.8. The fourth-order valence-electron chi connectivity index (χ4n) is 9.65. The van der Waals surface area contributed by atoms with E-state index in [1.807, 2.05) is 18.2 Å². The molecule has 0 heterocycles. The van der Waals surface area contributed by atoms with Gasteiger partial charge in [0.15, 0.2) is 0 Å². The second-order valence-corrected chi connectivity index (χ2v) is 32.3. The molecule has 0 aliphatic rings. The van der Waals surface area contributed by atoms with Crippen molar-refractivity contribution in [1.82, 2.24) is 0 Å². The zero-order chi connectivity index (χ0) is 55.7. The summed E-state index contributed by atoms with van der Waals surface area (Å²) in [6.45, 7) is 50.9. The summed E-state index contributed by atoms with van der Waals surface area (Å²) in [5.74, 6) is 0.982. The van der Waals surface area contributed by atoms with E-state index in [1.165, 1.54) is 53.5 Å². The minimum atomic E-state index is -1.30. The van der Waals surface area contributed by atoms with Crippen LogP contribution < -0.4 is 15.9 Å². The first kappa shape index (κ1) is 59.4. The van der Waals surface area contributed by atoms with Gasteiger partial charge in [-0.1, -0.05) is 160 Å². The molecule has 398 valence electrons. The highest BCUT2D eigenvalue weighted by Gasteiger charge is 2.36. The fraction of sp³-hybridized carbons (Fsp3) is 0.455. The lowest BCUT2D eigenvalue weighted by Gasteiger charge is -2.36. The van der Waals surface area contributed by atoms with Crippen molar-refractivity contribution >= 4 is 59.1 Å². The van der Waals surface area contributed by atoms with Crippen LogP contribution in [0.5, 0.6) is 17.2 Å². The molecule has 4 nitrogen and oxygen atoms in total. The maximum Gasteiger partial charge on any atom is 0.119 e. The van der Waals surface area contributed by atoms with Crippen molar-refractivity contribution in [3.8, 4) is 17.2 Å². The smallest absolute Gasteiger partial charge is 0.119 e. The Kier molecular flexibility index (Phi) is 17.0. The summed E-state index contributed by atoms with van der Waals surface area (Å²) in [5, 5.41) is 48.8. The second kappa shape index (κ2) is 21.2. The molecule has 4 N–H and O–H groups in total. The second-order valence-electron chi connectivity index (χ2n) is 27.0. The van der Waals surface area contributed by atoms with Crippen molar-refractivity contribution in [2.45, 2.75) is 228 Å². The predicted molar refractivity (Wildman–Crippen MR) is 324 cm³/mol. The number of aliphatic hydroxyl groups excluding tert-OH is 1. The number of aromatic hydroxyl groups is 3. The maximum absolute atomic E-state index is 11.6. The van der Waals surface area contributed by atoms with Gasteiger partial charge in [-0.2, -0.15) is 0 Å². The Morgan fingerprint density at radius 3 is 0.784 bits per heavy atom. The normalized spacial score (nSPS) is 13.1. The Labute approximate surface area is 461 Å². The Balaban J connectivity index is 1.72. The number of phenolic OH excluding ortho intramolecular Hbond substituents is 3. The Morgan fingerprint density at radius 1 is 0.311 bits per heavy atom. The molecule has 6 aromatic rings. The van der Waals surface area contributed by atoms with Crippen LogP contribution in [-0.2, 0) is 39.1 Å². The van der Waals surface area contributed by atoms with Crippen LogP contribution in [-0.4, -0.2) is 20.4 Å². The topological polar surface area (TPSA) is 80.9 Å². The SMILES string of the molecule is Cc1cc(O)c(C(C)(C)C)cc1Sc1cc(C(C)(C)C)c(P(c2cc(C)c(Sc3cc(C(C)(C)C)c(O)cc3C)cc2C(C)(C)C)c2cc(CO)c(Sc3cc(C(C)(C)C)c(O)cc3C)cc2C(C)(C)C)cc1C. The van der Waals surface area contributed by atoms with Gasteiger partial charge in [-0.3, -0.25) is 0 Å². The van der Waals surface area contributed by atoms with Crippen molar-refractivity contribution in [2.24, 2.45) is 0 Å². The van der Waals surface area contributed by atoms with Gasteiger partial charge in [-0.25, -0.2) is 0 Å². The molecule has 0 bridgehead atoms. The minimum Gasteiger partial charge on any atom is -0.508 e. The average molecular weight is 1070 g/mol. The van der Waals surface area contributed by atoms with Gasteiger partial charge in [-0.05, 0) is 214 Å². The van der Waals surface area contributed by atoms with E-state index in [1.54, 1.807) is 35.3 Å². The first-order valence-corrected chi connectivity index (χ1v) is 30.0. The zero-order valence-corrected chi connectivity index (χ0v) is 52.4. The first-order valence-electron chi connectivity index (χ1n) is 26.2. The van der Waals surface area contributed by atoms with Crippen LogP contribution in [0.1, 0.15) is 191 Å². The highest BCUT2D eigenvalue weighted by atomic mass is 32.2. The molecule has 74 heavy (non-hydrogen) atoms. The first-order chi connectivity index (χ1) is 33.7. The van der Waals surface area contributed by atoms with Gasteiger partial charge in [0.1, 0.15) is 17.2 Å². The van der Waals surface area contributed by atoms with E-state index in [-0.39, 0.29) is 39.1 Å². The van der Waals surface area contributed by atoms with Gasteiger partial charge in [0, 0.05) is 46.1 Å². The van der Waals surface area contributed by atoms with Crippen molar-refractivity contribution < 1.29 is 20.4 Å². The van der Waals surface area contributed by atoms with Crippen LogP contribution in [0.25, 0.3) is 0 Å². The van der Waals surface area contributed by atoms with E-state index in [2.05, 4.69) is 214 Å². The van der Waals surface area contributed by atoms with E-state index in [0.717, 1.165) is 58.5 Å². The van der Waals surface area contributed by atoms with Crippen LogP contribution >= 0.6 is 43.2 Å². The molecule has 0 atom stereocenters. The summed E-state index contributed by atoms with van der Waals surface area (Å²) in [6.07, 6.45) is 0. The van der Waals surface area contributed by atoms with E-state index >= 15 is 0 Å². The molecule has 0 aromatic heterocycles. The summed E-state index contributed by atoms with van der Waals surface area (Å²) in [5.41, 5.74) is 11.4. The van der Waals surface area contributed by atoms with Crippen LogP contribution in [0.4, 0.5) is 0 Å². The van der Waals surface area contributed by atoms with Crippen molar-refractivity contribution in [1.29, 1.82) is 0 Å². The van der Waals surface area contributed by atoms with E-state index < -0.39 is 7.92 Å². The van der Waals surface area contributed by atoms with Crippen LogP contribution in [0.3, 0.4) is 0 Å². The van der Waals surface area contributed by atoms with E-state index in [4.69, 9.17) is 0 Å². The molecule has 0 aliphatic heterocycles. The summed E-state index contributed by atoms with van der Waals surface area (Å²) in [6, 6.07) is 26.8. The maximum atomic E-state index is 11.6. The van der Waals surface area contributed by atoms with Gasteiger partial charge in [-0.15, -0.1) is 0 Å². The number of aliphatic hydroxyl groups is 1. The monoisotopic (exact) mass is 1070 g/mol. The molecule has 0 unspecified atom stereocenters. The third kappa shape index (κ3) is 12.9. The van der Waals surface area contributed by atoms with Gasteiger partial charge in [0.2, 0.25) is 0 Å².